The van der Waals surface area contributed by atoms with Gasteiger partial charge >= 0.3 is 0 Å². The van der Waals surface area contributed by atoms with Crippen LogP contribution in [0.5, 0.6) is 5.75 Å². The van der Waals surface area contributed by atoms with Crippen LogP contribution in [0.25, 0.3) is 0 Å². The lowest BCUT2D eigenvalue weighted by Gasteiger charge is -2.13. The van der Waals surface area contributed by atoms with E-state index in [9.17, 15) is 4.79 Å². The van der Waals surface area contributed by atoms with E-state index in [2.05, 4.69) is 40.6 Å². The van der Waals surface area contributed by atoms with Gasteiger partial charge in [-0.2, -0.15) is 0 Å². The van der Waals surface area contributed by atoms with E-state index in [1.165, 1.54) is 11.1 Å². The summed E-state index contributed by atoms with van der Waals surface area (Å²) in [5, 5.41) is 2.95. The average Bonchev–Trinajstić information content (AvgIpc) is 2.72. The highest BCUT2D eigenvalue weighted by Crippen LogP contribution is 2.20. The Bertz CT molecular complexity index is 849. The number of pyridine rings is 1. The first kappa shape index (κ1) is 17.7. The van der Waals surface area contributed by atoms with E-state index in [-0.39, 0.29) is 5.91 Å². The van der Waals surface area contributed by atoms with Crippen LogP contribution in [0.15, 0.2) is 72.9 Å². The molecule has 0 atom stereocenters. The van der Waals surface area contributed by atoms with Gasteiger partial charge in [0, 0.05) is 12.7 Å². The Morgan fingerprint density at radius 3 is 2.50 bits per heavy atom. The molecule has 3 aromatic rings. The molecule has 1 aromatic heterocycles. The summed E-state index contributed by atoms with van der Waals surface area (Å²) in [7, 11) is 1.65. The standard InChI is InChI=1S/C22H22N2O2/c1-26-20-13-12-18(11-10-17-7-3-2-4-8-17)19(15-20)16-24-22(25)21-9-5-6-14-23-21/h2-9,12-15H,10-11,16H2,1H3,(H,24,25). The first-order chi connectivity index (χ1) is 12.8. The molecule has 0 aliphatic carbocycles. The van der Waals surface area contributed by atoms with Crippen LogP contribution < -0.4 is 10.1 Å². The minimum absolute atomic E-state index is 0.178. The summed E-state index contributed by atoms with van der Waals surface area (Å²) in [4.78, 5) is 16.3. The number of rotatable bonds is 7. The van der Waals surface area contributed by atoms with Crippen molar-refractivity contribution < 1.29 is 9.53 Å². The molecule has 0 aliphatic rings. The highest BCUT2D eigenvalue weighted by atomic mass is 16.5. The molecular formula is C22H22N2O2. The minimum Gasteiger partial charge on any atom is -0.497 e. The van der Waals surface area contributed by atoms with Crippen LogP contribution in [0.3, 0.4) is 0 Å². The second-order valence-electron chi connectivity index (χ2n) is 6.02. The number of carbonyl (C=O) groups excluding carboxylic acids is 1. The van der Waals surface area contributed by atoms with E-state index in [0.29, 0.717) is 12.2 Å². The predicted octanol–water partition coefficient (Wildman–Crippen LogP) is 3.81. The summed E-state index contributed by atoms with van der Waals surface area (Å²) in [6.45, 7) is 0.441. The number of benzene rings is 2. The molecule has 4 nitrogen and oxygen atoms in total. The number of nitrogens with zero attached hydrogens (tertiary/aromatic N) is 1. The van der Waals surface area contributed by atoms with Crippen LogP contribution in [-0.4, -0.2) is 18.0 Å². The summed E-state index contributed by atoms with van der Waals surface area (Å²) in [5.74, 6) is 0.609. The van der Waals surface area contributed by atoms with Crippen LogP contribution in [0.2, 0.25) is 0 Å². The van der Waals surface area contributed by atoms with Crippen LogP contribution in [0.4, 0.5) is 0 Å². The predicted molar refractivity (Wildman–Crippen MR) is 102 cm³/mol. The van der Waals surface area contributed by atoms with Gasteiger partial charge in [-0.05, 0) is 53.8 Å². The van der Waals surface area contributed by atoms with Crippen LogP contribution in [0.1, 0.15) is 27.2 Å². The first-order valence-corrected chi connectivity index (χ1v) is 8.65. The molecule has 1 amide bonds. The normalized spacial score (nSPS) is 10.3. The van der Waals surface area contributed by atoms with Gasteiger partial charge in [-0.15, -0.1) is 0 Å². The molecule has 0 saturated heterocycles. The molecule has 0 aliphatic heterocycles. The van der Waals surface area contributed by atoms with Gasteiger partial charge in [0.2, 0.25) is 0 Å². The number of amides is 1. The quantitative estimate of drug-likeness (QED) is 0.708. The third kappa shape index (κ3) is 4.70. The van der Waals surface area contributed by atoms with E-state index in [4.69, 9.17) is 4.74 Å². The van der Waals surface area contributed by atoms with Crippen molar-refractivity contribution in [2.45, 2.75) is 19.4 Å². The van der Waals surface area contributed by atoms with E-state index in [0.717, 1.165) is 24.2 Å². The molecule has 0 bridgehead atoms. The summed E-state index contributed by atoms with van der Waals surface area (Å²) >= 11 is 0. The van der Waals surface area contributed by atoms with Crippen molar-refractivity contribution in [2.75, 3.05) is 7.11 Å². The Hall–Kier alpha value is -3.14. The van der Waals surface area contributed by atoms with Crippen molar-refractivity contribution >= 4 is 5.91 Å². The number of carbonyl (C=O) groups is 1. The van der Waals surface area contributed by atoms with E-state index in [1.54, 1.807) is 31.5 Å². The molecule has 1 N–H and O–H groups in total. The molecule has 0 spiro atoms. The van der Waals surface area contributed by atoms with Crippen LogP contribution >= 0.6 is 0 Å². The zero-order chi connectivity index (χ0) is 18.2. The van der Waals surface area contributed by atoms with Crippen molar-refractivity contribution in [1.82, 2.24) is 10.3 Å². The second-order valence-corrected chi connectivity index (χ2v) is 6.02. The SMILES string of the molecule is COc1ccc(CCc2ccccc2)c(CNC(=O)c2ccccn2)c1. The van der Waals surface area contributed by atoms with E-state index in [1.807, 2.05) is 18.2 Å². The maximum absolute atomic E-state index is 12.3. The molecule has 0 saturated carbocycles. The number of nitrogens with one attached hydrogen (secondary N) is 1. The Morgan fingerprint density at radius 1 is 0.962 bits per heavy atom. The summed E-state index contributed by atoms with van der Waals surface area (Å²) in [6, 6.07) is 21.7. The monoisotopic (exact) mass is 346 g/mol. The fraction of sp³-hybridized carbons (Fsp3) is 0.182. The zero-order valence-electron chi connectivity index (χ0n) is 14.8. The number of hydrogen-bond acceptors (Lipinski definition) is 3. The Labute approximate surface area is 153 Å². The number of aryl methyl sites for hydroxylation is 2. The van der Waals surface area contributed by atoms with Gasteiger partial charge in [0.1, 0.15) is 11.4 Å². The summed E-state index contributed by atoms with van der Waals surface area (Å²) in [6.07, 6.45) is 3.48. The Kier molecular flexibility index (Phi) is 5.99. The van der Waals surface area contributed by atoms with Gasteiger partial charge in [-0.1, -0.05) is 42.5 Å². The van der Waals surface area contributed by atoms with Crippen molar-refractivity contribution in [1.29, 1.82) is 0 Å². The second kappa shape index (κ2) is 8.81. The van der Waals surface area contributed by atoms with E-state index < -0.39 is 0 Å². The molecule has 1 heterocycles. The molecule has 0 radical (unpaired) electrons. The third-order valence-electron chi connectivity index (χ3n) is 4.28. The molecule has 26 heavy (non-hydrogen) atoms. The number of aromatic nitrogens is 1. The lowest BCUT2D eigenvalue weighted by atomic mass is 9.99. The number of ether oxygens (including phenoxy) is 1. The maximum atomic E-state index is 12.3. The molecule has 2 aromatic carbocycles. The third-order valence-corrected chi connectivity index (χ3v) is 4.28. The van der Waals surface area contributed by atoms with Crippen molar-refractivity contribution in [3.05, 3.63) is 95.3 Å². The smallest absolute Gasteiger partial charge is 0.270 e. The van der Waals surface area contributed by atoms with E-state index >= 15 is 0 Å². The first-order valence-electron chi connectivity index (χ1n) is 8.65. The summed E-state index contributed by atoms with van der Waals surface area (Å²) < 4.78 is 5.34. The minimum atomic E-state index is -0.178. The number of methoxy groups -OCH3 is 1. The van der Waals surface area contributed by atoms with Gasteiger partial charge in [0.05, 0.1) is 7.11 Å². The van der Waals surface area contributed by atoms with Gasteiger partial charge in [0.25, 0.3) is 5.91 Å². The fourth-order valence-corrected chi connectivity index (χ4v) is 2.82. The molecule has 0 fully saturated rings. The van der Waals surface area contributed by atoms with Crippen molar-refractivity contribution in [2.24, 2.45) is 0 Å². The largest absolute Gasteiger partial charge is 0.497 e. The Morgan fingerprint density at radius 2 is 1.77 bits per heavy atom. The maximum Gasteiger partial charge on any atom is 0.270 e. The fourth-order valence-electron chi connectivity index (χ4n) is 2.82. The average molecular weight is 346 g/mol. The summed E-state index contributed by atoms with van der Waals surface area (Å²) in [5.41, 5.74) is 3.98. The Balaban J connectivity index is 1.70. The van der Waals surface area contributed by atoms with Crippen molar-refractivity contribution in [3.8, 4) is 5.75 Å². The van der Waals surface area contributed by atoms with Gasteiger partial charge < -0.3 is 10.1 Å². The van der Waals surface area contributed by atoms with Crippen LogP contribution in [-0.2, 0) is 19.4 Å². The van der Waals surface area contributed by atoms with Gasteiger partial charge in [-0.3, -0.25) is 9.78 Å². The zero-order valence-corrected chi connectivity index (χ0v) is 14.8. The highest BCUT2D eigenvalue weighted by Gasteiger charge is 2.09. The molecular weight excluding hydrogens is 324 g/mol. The van der Waals surface area contributed by atoms with Crippen molar-refractivity contribution in [3.63, 3.8) is 0 Å². The van der Waals surface area contributed by atoms with Gasteiger partial charge in [0.15, 0.2) is 0 Å². The molecule has 4 heteroatoms. The topological polar surface area (TPSA) is 51.2 Å². The lowest BCUT2D eigenvalue weighted by molar-refractivity contribution is 0.0946. The van der Waals surface area contributed by atoms with Crippen LogP contribution in [0, 0.1) is 0 Å². The molecule has 3 rings (SSSR count). The molecule has 132 valence electrons. The number of hydrogen-bond donors (Lipinski definition) is 1. The van der Waals surface area contributed by atoms with Gasteiger partial charge in [-0.25, -0.2) is 0 Å². The highest BCUT2D eigenvalue weighted by molar-refractivity contribution is 5.92. The molecule has 0 unspecified atom stereocenters. The lowest BCUT2D eigenvalue weighted by Crippen LogP contribution is -2.24.